The van der Waals surface area contributed by atoms with Crippen molar-refractivity contribution in [2.75, 3.05) is 32.6 Å². The van der Waals surface area contributed by atoms with Crippen LogP contribution in [0.3, 0.4) is 0 Å². The van der Waals surface area contributed by atoms with Crippen molar-refractivity contribution in [1.82, 2.24) is 4.90 Å². The second-order valence-electron chi connectivity index (χ2n) is 4.17. The average molecular weight is 304 g/mol. The number of rotatable bonds is 4. The van der Waals surface area contributed by atoms with Crippen molar-refractivity contribution in [3.63, 3.8) is 0 Å². The molecular weight excluding hydrogens is 290 g/mol. The van der Waals surface area contributed by atoms with Gasteiger partial charge in [-0.1, -0.05) is 0 Å². The van der Waals surface area contributed by atoms with E-state index in [1.54, 1.807) is 25.1 Å². The van der Waals surface area contributed by atoms with Gasteiger partial charge < -0.3 is 24.4 Å². The molecule has 0 saturated carbocycles. The molecule has 1 aliphatic rings. The summed E-state index contributed by atoms with van der Waals surface area (Å²) in [6, 6.07) is 4.39. The lowest BCUT2D eigenvalue weighted by atomic mass is 10.3. The SMILES string of the molecule is COCCN(C)C(=S)Nc1ccc2c(c1)OC(F)(F)O2. The highest BCUT2D eigenvalue weighted by Crippen LogP contribution is 2.42. The molecule has 20 heavy (non-hydrogen) atoms. The zero-order valence-corrected chi connectivity index (χ0v) is 11.8. The average Bonchev–Trinajstić information content (AvgIpc) is 2.68. The van der Waals surface area contributed by atoms with Gasteiger partial charge in [-0.3, -0.25) is 0 Å². The van der Waals surface area contributed by atoms with E-state index in [2.05, 4.69) is 14.8 Å². The zero-order valence-electron chi connectivity index (χ0n) is 11.0. The van der Waals surface area contributed by atoms with E-state index in [1.807, 2.05) is 0 Å². The van der Waals surface area contributed by atoms with Gasteiger partial charge in [0.1, 0.15) is 0 Å². The van der Waals surface area contributed by atoms with Gasteiger partial charge in [-0.25, -0.2) is 0 Å². The van der Waals surface area contributed by atoms with Crippen molar-refractivity contribution in [2.45, 2.75) is 6.29 Å². The number of likely N-dealkylation sites (N-methyl/N-ethyl adjacent to an activating group) is 1. The summed E-state index contributed by atoms with van der Waals surface area (Å²) >= 11 is 5.18. The largest absolute Gasteiger partial charge is 0.586 e. The van der Waals surface area contributed by atoms with E-state index in [1.165, 1.54) is 12.1 Å². The number of methoxy groups -OCH3 is 1. The lowest BCUT2D eigenvalue weighted by Crippen LogP contribution is -2.33. The summed E-state index contributed by atoms with van der Waals surface area (Å²) in [5, 5.41) is 3.38. The summed E-state index contributed by atoms with van der Waals surface area (Å²) in [7, 11) is 3.40. The van der Waals surface area contributed by atoms with E-state index >= 15 is 0 Å². The maximum Gasteiger partial charge on any atom is 0.586 e. The van der Waals surface area contributed by atoms with Gasteiger partial charge in [-0.2, -0.15) is 0 Å². The molecule has 0 spiro atoms. The third-order valence-electron chi connectivity index (χ3n) is 2.63. The van der Waals surface area contributed by atoms with Gasteiger partial charge in [0.2, 0.25) is 0 Å². The summed E-state index contributed by atoms with van der Waals surface area (Å²) in [4.78, 5) is 1.78. The molecule has 110 valence electrons. The molecule has 0 unspecified atom stereocenters. The first-order valence-electron chi connectivity index (χ1n) is 5.82. The van der Waals surface area contributed by atoms with Crippen LogP contribution in [0.2, 0.25) is 0 Å². The smallest absolute Gasteiger partial charge is 0.395 e. The molecule has 8 heteroatoms. The van der Waals surface area contributed by atoms with Gasteiger partial charge in [-0.05, 0) is 24.4 Å². The van der Waals surface area contributed by atoms with Crippen LogP contribution in [0.4, 0.5) is 14.5 Å². The Bertz CT molecular complexity index is 513. The highest BCUT2D eigenvalue weighted by Gasteiger charge is 2.43. The Morgan fingerprint density at radius 2 is 2.10 bits per heavy atom. The molecule has 0 radical (unpaired) electrons. The molecule has 0 aromatic heterocycles. The molecule has 0 amide bonds. The maximum absolute atomic E-state index is 12.9. The fourth-order valence-corrected chi connectivity index (χ4v) is 1.78. The molecule has 0 bridgehead atoms. The Kier molecular flexibility index (Phi) is 4.24. The van der Waals surface area contributed by atoms with Crippen molar-refractivity contribution in [3.8, 4) is 11.5 Å². The van der Waals surface area contributed by atoms with Gasteiger partial charge in [0, 0.05) is 32.5 Å². The highest BCUT2D eigenvalue weighted by molar-refractivity contribution is 7.80. The minimum Gasteiger partial charge on any atom is -0.395 e. The van der Waals surface area contributed by atoms with Crippen molar-refractivity contribution >= 4 is 23.0 Å². The summed E-state index contributed by atoms with van der Waals surface area (Å²) in [5.74, 6) is -0.0263. The highest BCUT2D eigenvalue weighted by atomic mass is 32.1. The van der Waals surface area contributed by atoms with Gasteiger partial charge in [0.15, 0.2) is 16.6 Å². The molecule has 5 nitrogen and oxygen atoms in total. The van der Waals surface area contributed by atoms with Gasteiger partial charge >= 0.3 is 6.29 Å². The topological polar surface area (TPSA) is 43.0 Å². The number of anilines is 1. The lowest BCUT2D eigenvalue weighted by molar-refractivity contribution is -0.286. The summed E-state index contributed by atoms with van der Waals surface area (Å²) in [5.41, 5.74) is 0.541. The quantitative estimate of drug-likeness (QED) is 0.861. The van der Waals surface area contributed by atoms with E-state index in [-0.39, 0.29) is 11.5 Å². The predicted octanol–water partition coefficient (Wildman–Crippen LogP) is 2.28. The Morgan fingerprint density at radius 1 is 1.40 bits per heavy atom. The summed E-state index contributed by atoms with van der Waals surface area (Å²) < 4.78 is 39.4. The van der Waals surface area contributed by atoms with Gasteiger partial charge in [0.25, 0.3) is 0 Å². The van der Waals surface area contributed by atoms with E-state index in [0.29, 0.717) is 24.0 Å². The number of nitrogens with one attached hydrogen (secondary N) is 1. The number of fused-ring (bicyclic) bond motifs is 1. The van der Waals surface area contributed by atoms with Crippen molar-refractivity contribution in [1.29, 1.82) is 0 Å². The van der Waals surface area contributed by atoms with E-state index in [4.69, 9.17) is 17.0 Å². The Morgan fingerprint density at radius 3 is 2.80 bits per heavy atom. The molecular formula is C12H14F2N2O3S. The van der Waals surface area contributed by atoms with E-state index in [9.17, 15) is 8.78 Å². The number of ether oxygens (including phenoxy) is 3. The monoisotopic (exact) mass is 304 g/mol. The fraction of sp³-hybridized carbons (Fsp3) is 0.417. The molecule has 2 rings (SSSR count). The van der Waals surface area contributed by atoms with E-state index in [0.717, 1.165) is 0 Å². The standard InChI is InChI=1S/C12H14F2N2O3S/c1-16(5-6-17-2)11(20)15-8-3-4-9-10(7-8)19-12(13,14)18-9/h3-4,7H,5-6H2,1-2H3,(H,15,20). The number of halogens is 2. The zero-order chi connectivity index (χ0) is 14.8. The number of benzene rings is 1. The molecule has 0 aliphatic carbocycles. The van der Waals surface area contributed by atoms with Crippen LogP contribution in [0.25, 0.3) is 0 Å². The van der Waals surface area contributed by atoms with Crippen LogP contribution in [0.5, 0.6) is 11.5 Å². The van der Waals surface area contributed by atoms with Crippen molar-refractivity contribution in [2.24, 2.45) is 0 Å². The number of hydrogen-bond acceptors (Lipinski definition) is 4. The molecule has 1 aliphatic heterocycles. The second kappa shape index (κ2) is 5.76. The van der Waals surface area contributed by atoms with Crippen LogP contribution in [0, 0.1) is 0 Å². The molecule has 0 atom stereocenters. The first kappa shape index (κ1) is 14.7. The van der Waals surface area contributed by atoms with Crippen LogP contribution in [-0.2, 0) is 4.74 Å². The maximum atomic E-state index is 12.9. The molecule has 1 N–H and O–H groups in total. The van der Waals surface area contributed by atoms with Crippen LogP contribution in [0.15, 0.2) is 18.2 Å². The lowest BCUT2D eigenvalue weighted by Gasteiger charge is -2.20. The first-order valence-corrected chi connectivity index (χ1v) is 6.23. The van der Waals surface area contributed by atoms with Gasteiger partial charge in [-0.15, -0.1) is 8.78 Å². The third kappa shape index (κ3) is 3.45. The number of hydrogen-bond donors (Lipinski definition) is 1. The fourth-order valence-electron chi connectivity index (χ4n) is 1.58. The minimum atomic E-state index is -3.61. The summed E-state index contributed by atoms with van der Waals surface area (Å²) in [6.45, 7) is 1.15. The molecule has 0 saturated heterocycles. The minimum absolute atomic E-state index is 0.000735. The summed E-state index contributed by atoms with van der Waals surface area (Å²) in [6.07, 6.45) is -3.61. The Labute approximate surface area is 120 Å². The van der Waals surface area contributed by atoms with Crippen LogP contribution >= 0.6 is 12.2 Å². The predicted molar refractivity (Wildman–Crippen MR) is 73.4 cm³/mol. The van der Waals surface area contributed by atoms with Crippen LogP contribution < -0.4 is 14.8 Å². The molecule has 1 aromatic rings. The Balaban J connectivity index is 2.00. The van der Waals surface area contributed by atoms with Crippen LogP contribution in [0.1, 0.15) is 0 Å². The second-order valence-corrected chi connectivity index (χ2v) is 4.56. The number of thiocarbonyl (C=S) groups is 1. The van der Waals surface area contributed by atoms with Crippen LogP contribution in [-0.4, -0.2) is 43.6 Å². The van der Waals surface area contributed by atoms with Gasteiger partial charge in [0.05, 0.1) is 6.61 Å². The molecule has 0 fully saturated rings. The van der Waals surface area contributed by atoms with Crippen molar-refractivity contribution in [3.05, 3.63) is 18.2 Å². The third-order valence-corrected chi connectivity index (χ3v) is 3.04. The Hall–Kier alpha value is -1.67. The first-order chi connectivity index (χ1) is 9.41. The van der Waals surface area contributed by atoms with E-state index < -0.39 is 6.29 Å². The molecule has 1 aromatic carbocycles. The molecule has 1 heterocycles. The number of nitrogens with zero attached hydrogens (tertiary/aromatic N) is 1. The van der Waals surface area contributed by atoms with Crippen molar-refractivity contribution < 1.29 is 23.0 Å². The normalized spacial score (nSPS) is 15.0. The number of alkyl halides is 2.